The summed E-state index contributed by atoms with van der Waals surface area (Å²) in [7, 11) is 0. The molecule has 1 atom stereocenters. The van der Waals surface area contributed by atoms with Crippen molar-refractivity contribution in [2.45, 2.75) is 12.5 Å². The molecular weight excluding hydrogens is 349 g/mol. The molecule has 0 spiro atoms. The quantitative estimate of drug-likeness (QED) is 0.664. The smallest absolute Gasteiger partial charge is 0.364 e. The molecule has 0 fully saturated rings. The van der Waals surface area contributed by atoms with Crippen molar-refractivity contribution < 1.29 is 13.5 Å². The predicted octanol–water partition coefficient (Wildman–Crippen LogP) is 1.95. The number of aromatic nitrogens is 4. The highest BCUT2D eigenvalue weighted by atomic mass is 32.2. The summed E-state index contributed by atoms with van der Waals surface area (Å²) in [6, 6.07) is 4.19. The van der Waals surface area contributed by atoms with Crippen LogP contribution >= 0.6 is 11.8 Å². The molecule has 4 rings (SSSR count). The Balaban J connectivity index is 1.71. The van der Waals surface area contributed by atoms with E-state index >= 15 is 0 Å². The molecule has 0 amide bonds. The van der Waals surface area contributed by atoms with Gasteiger partial charge in [0.25, 0.3) is 0 Å². The lowest BCUT2D eigenvalue weighted by Crippen LogP contribution is -2.31. The third-order valence-electron chi connectivity index (χ3n) is 4.13. The Morgan fingerprint density at radius 2 is 2.28 bits per heavy atom. The van der Waals surface area contributed by atoms with E-state index in [1.807, 2.05) is 6.26 Å². The molecule has 0 unspecified atom stereocenters. The Kier molecular flexibility index (Phi) is 4.04. The van der Waals surface area contributed by atoms with Crippen LogP contribution in [-0.4, -0.2) is 38.6 Å². The van der Waals surface area contributed by atoms with Crippen molar-refractivity contribution >= 4 is 17.6 Å². The monoisotopic (exact) mass is 363 g/mol. The molecule has 1 aromatic carbocycles. The maximum Gasteiger partial charge on any atom is 0.442 e. The van der Waals surface area contributed by atoms with Gasteiger partial charge in [0.2, 0.25) is 11.6 Å². The van der Waals surface area contributed by atoms with E-state index < -0.39 is 5.76 Å². The van der Waals surface area contributed by atoms with E-state index in [9.17, 15) is 9.18 Å². The molecule has 8 nitrogen and oxygen atoms in total. The minimum atomic E-state index is -0.632. The molecule has 0 saturated carbocycles. The van der Waals surface area contributed by atoms with Crippen LogP contribution in [0.2, 0.25) is 0 Å². The van der Waals surface area contributed by atoms with Crippen LogP contribution in [0.5, 0.6) is 0 Å². The molecule has 2 heterocycles. The van der Waals surface area contributed by atoms with Crippen LogP contribution in [0, 0.1) is 5.82 Å². The van der Waals surface area contributed by atoms with Gasteiger partial charge in [0.05, 0.1) is 6.04 Å². The second-order valence-corrected chi connectivity index (χ2v) is 6.57. The van der Waals surface area contributed by atoms with Crippen LogP contribution in [0.25, 0.3) is 11.5 Å². The highest BCUT2D eigenvalue weighted by Crippen LogP contribution is 2.38. The zero-order valence-electron chi connectivity index (χ0n) is 13.2. The van der Waals surface area contributed by atoms with Crippen molar-refractivity contribution in [1.29, 1.82) is 0 Å². The Labute approximate surface area is 145 Å². The fourth-order valence-electron chi connectivity index (χ4n) is 2.89. The Morgan fingerprint density at radius 3 is 3.12 bits per heavy atom. The zero-order valence-corrected chi connectivity index (χ0v) is 14.0. The first-order valence-corrected chi connectivity index (χ1v) is 9.00. The lowest BCUT2D eigenvalue weighted by Gasteiger charge is -2.30. The van der Waals surface area contributed by atoms with Crippen molar-refractivity contribution in [2.75, 3.05) is 23.9 Å². The van der Waals surface area contributed by atoms with E-state index in [4.69, 9.17) is 9.15 Å². The van der Waals surface area contributed by atoms with Gasteiger partial charge < -0.3 is 5.32 Å². The van der Waals surface area contributed by atoms with Gasteiger partial charge in [-0.1, -0.05) is 11.2 Å². The Bertz CT molecular complexity index is 966. The van der Waals surface area contributed by atoms with Gasteiger partial charge in [0.15, 0.2) is 5.69 Å². The third-order valence-corrected chi connectivity index (χ3v) is 4.74. The van der Waals surface area contributed by atoms with Gasteiger partial charge >= 0.3 is 5.76 Å². The van der Waals surface area contributed by atoms with Crippen molar-refractivity contribution in [3.8, 4) is 11.5 Å². The molecule has 130 valence electrons. The topological polar surface area (TPSA) is 99.0 Å². The largest absolute Gasteiger partial charge is 0.442 e. The average molecular weight is 363 g/mol. The summed E-state index contributed by atoms with van der Waals surface area (Å²) in [6.07, 6.45) is 2.58. The van der Waals surface area contributed by atoms with Crippen LogP contribution in [0.4, 0.5) is 10.2 Å². The molecule has 2 aromatic heterocycles. The third kappa shape index (κ3) is 2.72. The fraction of sp³-hybridized carbons (Fsp3) is 0.333. The molecule has 1 aliphatic carbocycles. The molecular formula is C15H14FN5O3S. The normalized spacial score (nSPS) is 15.7. The van der Waals surface area contributed by atoms with Gasteiger partial charge in [-0.3, -0.25) is 4.52 Å². The highest BCUT2D eigenvalue weighted by Gasteiger charge is 2.34. The molecule has 0 saturated heterocycles. The number of anilines is 1. The molecule has 10 heteroatoms. The lowest BCUT2D eigenvalue weighted by atomic mass is 9.83. The first-order chi connectivity index (χ1) is 12.2. The summed E-state index contributed by atoms with van der Waals surface area (Å²) in [4.78, 5) is 12.2. The van der Waals surface area contributed by atoms with E-state index in [0.717, 1.165) is 16.9 Å². The molecule has 3 aromatic rings. The van der Waals surface area contributed by atoms with E-state index in [-0.39, 0.29) is 23.4 Å². The van der Waals surface area contributed by atoms with Crippen LogP contribution < -0.4 is 11.1 Å². The number of thioether (sulfide) groups is 1. The lowest BCUT2D eigenvalue weighted by molar-refractivity contribution is 0.309. The number of rotatable bonds is 6. The van der Waals surface area contributed by atoms with Gasteiger partial charge in [-0.15, -0.1) is 0 Å². The molecule has 0 radical (unpaired) electrons. The van der Waals surface area contributed by atoms with E-state index in [2.05, 4.69) is 20.8 Å². The average Bonchev–Trinajstić information content (AvgIpc) is 3.18. The summed E-state index contributed by atoms with van der Waals surface area (Å²) in [5.74, 6) is 0.477. The molecule has 0 aliphatic heterocycles. The van der Waals surface area contributed by atoms with Gasteiger partial charge in [0.1, 0.15) is 5.82 Å². The van der Waals surface area contributed by atoms with Crippen molar-refractivity contribution in [3.63, 3.8) is 0 Å². The van der Waals surface area contributed by atoms with Gasteiger partial charge in [-0.25, -0.2) is 18.4 Å². The van der Waals surface area contributed by atoms with Crippen LogP contribution in [-0.2, 0) is 6.42 Å². The molecule has 1 aliphatic rings. The minimum absolute atomic E-state index is 0.206. The standard InChI is InChI=1S/C15H14FN5O3S/c1-25-5-4-17-13-12(18-24-19-13)14-20-23-15(22)21(14)11-6-8-2-3-9(16)7-10(8)11/h2-3,7,11H,4-6H2,1H3,(H,17,19)/t11-/m0/s1. The van der Waals surface area contributed by atoms with Crippen molar-refractivity contribution in [3.05, 3.63) is 45.7 Å². The highest BCUT2D eigenvalue weighted by molar-refractivity contribution is 7.98. The number of nitrogens with one attached hydrogen (secondary N) is 1. The molecule has 25 heavy (non-hydrogen) atoms. The fourth-order valence-corrected chi connectivity index (χ4v) is 3.20. The van der Waals surface area contributed by atoms with Crippen LogP contribution in [0.15, 0.2) is 32.1 Å². The molecule has 0 bridgehead atoms. The summed E-state index contributed by atoms with van der Waals surface area (Å²) >= 11 is 1.68. The number of benzene rings is 1. The van der Waals surface area contributed by atoms with Crippen LogP contribution in [0.1, 0.15) is 17.2 Å². The Hall–Kier alpha value is -2.62. The summed E-state index contributed by atoms with van der Waals surface area (Å²) in [5, 5.41) is 14.6. The minimum Gasteiger partial charge on any atom is -0.364 e. The number of hydrogen-bond donors (Lipinski definition) is 1. The maximum atomic E-state index is 13.5. The van der Waals surface area contributed by atoms with E-state index in [0.29, 0.717) is 18.8 Å². The maximum absolute atomic E-state index is 13.5. The second-order valence-electron chi connectivity index (χ2n) is 5.59. The van der Waals surface area contributed by atoms with Crippen molar-refractivity contribution in [2.24, 2.45) is 0 Å². The summed E-state index contributed by atoms with van der Waals surface area (Å²) < 4.78 is 24.5. The zero-order chi connectivity index (χ0) is 17.4. The van der Waals surface area contributed by atoms with Crippen LogP contribution in [0.3, 0.4) is 0 Å². The molecule has 1 N–H and O–H groups in total. The second kappa shape index (κ2) is 6.36. The van der Waals surface area contributed by atoms with Gasteiger partial charge in [-0.05, 0) is 46.2 Å². The first kappa shape index (κ1) is 15.9. The predicted molar refractivity (Wildman–Crippen MR) is 89.2 cm³/mol. The van der Waals surface area contributed by atoms with E-state index in [1.165, 1.54) is 16.7 Å². The number of nitrogens with zero attached hydrogens (tertiary/aromatic N) is 4. The Morgan fingerprint density at radius 1 is 1.40 bits per heavy atom. The SMILES string of the molecule is CSCCNc1nonc1-c1noc(=O)n1[C@H]1Cc2ccc(F)cc21. The number of halogens is 1. The summed E-state index contributed by atoms with van der Waals surface area (Å²) in [5.41, 5.74) is 2.01. The number of hydrogen-bond acceptors (Lipinski definition) is 8. The van der Waals surface area contributed by atoms with Gasteiger partial charge in [0, 0.05) is 12.3 Å². The number of fused-ring (bicyclic) bond motifs is 1. The van der Waals surface area contributed by atoms with E-state index in [1.54, 1.807) is 17.8 Å². The first-order valence-electron chi connectivity index (χ1n) is 7.61. The van der Waals surface area contributed by atoms with Gasteiger partial charge in [-0.2, -0.15) is 11.8 Å². The summed E-state index contributed by atoms with van der Waals surface area (Å²) in [6.45, 7) is 0.655. The van der Waals surface area contributed by atoms with Crippen molar-refractivity contribution in [1.82, 2.24) is 20.0 Å².